The number of fused-ring (bicyclic) bond motifs is 1. The molecule has 7 nitrogen and oxygen atoms in total. The molecule has 1 aromatic carbocycles. The van der Waals surface area contributed by atoms with Gasteiger partial charge in [-0.1, -0.05) is 23.9 Å². The minimum Gasteiger partial charge on any atom is -0.431 e. The summed E-state index contributed by atoms with van der Waals surface area (Å²) in [5.41, 5.74) is 3.26. The fourth-order valence-corrected chi connectivity index (χ4v) is 4.78. The molecule has 0 atom stereocenters. The zero-order chi connectivity index (χ0) is 20.1. The van der Waals surface area contributed by atoms with E-state index in [0.717, 1.165) is 60.9 Å². The third-order valence-electron chi connectivity index (χ3n) is 4.74. The van der Waals surface area contributed by atoms with Crippen LogP contribution in [0.15, 0.2) is 33.2 Å². The highest BCUT2D eigenvalue weighted by atomic mass is 32.2. The molecule has 29 heavy (non-hydrogen) atoms. The first-order chi connectivity index (χ1) is 14.2. The zero-order valence-electron chi connectivity index (χ0n) is 16.3. The largest absolute Gasteiger partial charge is 0.431 e. The fourth-order valence-electron chi connectivity index (χ4n) is 3.15. The Morgan fingerprint density at radius 2 is 2.17 bits per heavy atom. The number of thiazole rings is 1. The van der Waals surface area contributed by atoms with E-state index >= 15 is 0 Å². The number of hydrogen-bond acceptors (Lipinski definition) is 8. The number of rotatable bonds is 8. The van der Waals surface area contributed by atoms with Gasteiger partial charge >= 0.3 is 0 Å². The predicted molar refractivity (Wildman–Crippen MR) is 115 cm³/mol. The van der Waals surface area contributed by atoms with Crippen LogP contribution in [0.5, 0.6) is 0 Å². The van der Waals surface area contributed by atoms with Crippen LogP contribution in [-0.2, 0) is 10.5 Å². The topological polar surface area (TPSA) is 80.5 Å². The summed E-state index contributed by atoms with van der Waals surface area (Å²) in [6, 6.07) is 5.90. The minimum atomic E-state index is -0.114. The summed E-state index contributed by atoms with van der Waals surface area (Å²) in [4.78, 5) is 23.7. The van der Waals surface area contributed by atoms with Crippen LogP contribution in [0.4, 0.5) is 0 Å². The van der Waals surface area contributed by atoms with Crippen LogP contribution in [-0.4, -0.2) is 60.2 Å². The van der Waals surface area contributed by atoms with Gasteiger partial charge in [0, 0.05) is 25.0 Å². The molecule has 1 saturated heterocycles. The molecule has 0 unspecified atom stereocenters. The van der Waals surface area contributed by atoms with Crippen molar-refractivity contribution in [3.8, 4) is 0 Å². The van der Waals surface area contributed by atoms with Crippen LogP contribution in [0.25, 0.3) is 11.1 Å². The summed E-state index contributed by atoms with van der Waals surface area (Å²) < 4.78 is 11.1. The maximum absolute atomic E-state index is 12.3. The van der Waals surface area contributed by atoms with Gasteiger partial charge in [-0.2, -0.15) is 0 Å². The molecule has 9 heteroatoms. The van der Waals surface area contributed by atoms with Crippen molar-refractivity contribution in [2.75, 3.05) is 39.4 Å². The quantitative estimate of drug-likeness (QED) is 0.432. The summed E-state index contributed by atoms with van der Waals surface area (Å²) in [5, 5.41) is 6.27. The van der Waals surface area contributed by atoms with Gasteiger partial charge in [0.05, 0.1) is 19.0 Å². The molecule has 1 N–H and O–H groups in total. The number of morpholine rings is 1. The van der Waals surface area contributed by atoms with Gasteiger partial charge < -0.3 is 14.5 Å². The van der Waals surface area contributed by atoms with Crippen molar-refractivity contribution >= 4 is 40.1 Å². The molecule has 0 spiro atoms. The van der Waals surface area contributed by atoms with Crippen molar-refractivity contribution in [3.63, 3.8) is 0 Å². The average Bonchev–Trinajstić information content (AvgIpc) is 3.38. The highest BCUT2D eigenvalue weighted by Gasteiger charge is 2.14. The lowest BCUT2D eigenvalue weighted by molar-refractivity contribution is 0.0374. The van der Waals surface area contributed by atoms with Gasteiger partial charge in [-0.3, -0.25) is 9.69 Å². The SMILES string of the molecule is Cc1cccc2oc(SCc3nc(C(=O)NCCCN4CCOCC4)cs3)nc12. The number of para-hydroxylation sites is 1. The smallest absolute Gasteiger partial charge is 0.270 e. The molecule has 4 rings (SSSR count). The molecule has 2 aromatic heterocycles. The summed E-state index contributed by atoms with van der Waals surface area (Å²) in [7, 11) is 0. The molecular formula is C20H24N4O3S2. The molecule has 1 aliphatic rings. The van der Waals surface area contributed by atoms with Gasteiger partial charge in [0.15, 0.2) is 5.58 Å². The van der Waals surface area contributed by atoms with Crippen LogP contribution in [0.2, 0.25) is 0 Å². The fraction of sp³-hybridized carbons (Fsp3) is 0.450. The normalized spacial score (nSPS) is 15.1. The van der Waals surface area contributed by atoms with E-state index in [1.54, 1.807) is 0 Å². The summed E-state index contributed by atoms with van der Waals surface area (Å²) in [5.74, 6) is 0.512. The predicted octanol–water partition coefficient (Wildman–Crippen LogP) is 3.34. The molecule has 0 bridgehead atoms. The number of thioether (sulfide) groups is 1. The van der Waals surface area contributed by atoms with Gasteiger partial charge in [0.25, 0.3) is 11.1 Å². The van der Waals surface area contributed by atoms with E-state index in [-0.39, 0.29) is 5.91 Å². The number of oxazole rings is 1. The number of carbonyl (C=O) groups excluding carboxylic acids is 1. The number of nitrogens with one attached hydrogen (secondary N) is 1. The van der Waals surface area contributed by atoms with Crippen LogP contribution in [0.1, 0.15) is 27.5 Å². The third kappa shape index (κ3) is 5.36. The van der Waals surface area contributed by atoms with Gasteiger partial charge in [-0.25, -0.2) is 9.97 Å². The maximum Gasteiger partial charge on any atom is 0.270 e. The lowest BCUT2D eigenvalue weighted by Crippen LogP contribution is -2.38. The van der Waals surface area contributed by atoms with Crippen LogP contribution in [0, 0.1) is 6.92 Å². The third-order valence-corrected chi connectivity index (χ3v) is 6.62. The van der Waals surface area contributed by atoms with E-state index in [1.165, 1.54) is 23.1 Å². The van der Waals surface area contributed by atoms with E-state index in [1.807, 2.05) is 30.5 Å². The molecule has 3 heterocycles. The molecule has 1 aliphatic heterocycles. The minimum absolute atomic E-state index is 0.114. The van der Waals surface area contributed by atoms with Crippen LogP contribution < -0.4 is 5.32 Å². The molecule has 1 fully saturated rings. The Bertz CT molecular complexity index is 966. The van der Waals surface area contributed by atoms with E-state index in [9.17, 15) is 4.79 Å². The number of aryl methyl sites for hydroxylation is 1. The Morgan fingerprint density at radius 1 is 1.31 bits per heavy atom. The zero-order valence-corrected chi connectivity index (χ0v) is 18.0. The summed E-state index contributed by atoms with van der Waals surface area (Å²) >= 11 is 2.98. The number of ether oxygens (including phenoxy) is 1. The van der Waals surface area contributed by atoms with E-state index in [2.05, 4.69) is 20.2 Å². The van der Waals surface area contributed by atoms with Gasteiger partial charge in [0.2, 0.25) is 0 Å². The molecule has 0 saturated carbocycles. The van der Waals surface area contributed by atoms with Crippen LogP contribution >= 0.6 is 23.1 Å². The summed E-state index contributed by atoms with van der Waals surface area (Å²) in [6.45, 7) is 7.20. The number of amides is 1. The second kappa shape index (κ2) is 9.71. The standard InChI is InChI=1S/C20H24N4O3S2/c1-14-4-2-5-16-18(14)23-20(27-16)29-13-17-22-15(12-28-17)19(25)21-6-3-7-24-8-10-26-11-9-24/h2,4-5,12H,3,6-11,13H2,1H3,(H,21,25). The van der Waals surface area contributed by atoms with E-state index in [4.69, 9.17) is 9.15 Å². The Kier molecular flexibility index (Phi) is 6.81. The first kappa shape index (κ1) is 20.3. The lowest BCUT2D eigenvalue weighted by atomic mass is 10.2. The average molecular weight is 433 g/mol. The number of nitrogens with zero attached hydrogens (tertiary/aromatic N) is 3. The summed E-state index contributed by atoms with van der Waals surface area (Å²) in [6.07, 6.45) is 0.926. The number of hydrogen-bond donors (Lipinski definition) is 1. The van der Waals surface area contributed by atoms with Crippen molar-refractivity contribution in [1.29, 1.82) is 0 Å². The highest BCUT2D eigenvalue weighted by molar-refractivity contribution is 7.98. The Balaban J connectivity index is 1.23. The second-order valence-corrected chi connectivity index (χ2v) is 8.75. The van der Waals surface area contributed by atoms with Gasteiger partial charge in [0.1, 0.15) is 16.2 Å². The number of benzene rings is 1. The lowest BCUT2D eigenvalue weighted by Gasteiger charge is -2.26. The first-order valence-electron chi connectivity index (χ1n) is 9.71. The van der Waals surface area contributed by atoms with E-state index < -0.39 is 0 Å². The maximum atomic E-state index is 12.3. The Morgan fingerprint density at radius 3 is 3.00 bits per heavy atom. The number of carbonyl (C=O) groups is 1. The molecule has 1 amide bonds. The van der Waals surface area contributed by atoms with Crippen molar-refractivity contribution in [2.24, 2.45) is 0 Å². The Labute approximate surface area is 177 Å². The van der Waals surface area contributed by atoms with Crippen molar-refractivity contribution in [1.82, 2.24) is 20.2 Å². The van der Waals surface area contributed by atoms with E-state index in [0.29, 0.717) is 23.2 Å². The van der Waals surface area contributed by atoms with Crippen molar-refractivity contribution in [2.45, 2.75) is 24.3 Å². The molecule has 0 aliphatic carbocycles. The van der Waals surface area contributed by atoms with Gasteiger partial charge in [-0.05, 0) is 31.5 Å². The number of aromatic nitrogens is 2. The highest BCUT2D eigenvalue weighted by Crippen LogP contribution is 2.28. The Hall–Kier alpha value is -1.94. The van der Waals surface area contributed by atoms with Crippen molar-refractivity contribution < 1.29 is 13.9 Å². The first-order valence-corrected chi connectivity index (χ1v) is 11.6. The molecule has 0 radical (unpaired) electrons. The van der Waals surface area contributed by atoms with Crippen molar-refractivity contribution in [3.05, 3.63) is 39.8 Å². The second-order valence-electron chi connectivity index (χ2n) is 6.88. The van der Waals surface area contributed by atoms with Gasteiger partial charge in [-0.15, -0.1) is 11.3 Å². The molecule has 154 valence electrons. The van der Waals surface area contributed by atoms with Crippen LogP contribution in [0.3, 0.4) is 0 Å². The molecular weight excluding hydrogens is 408 g/mol. The monoisotopic (exact) mass is 432 g/mol. The molecule has 3 aromatic rings.